The van der Waals surface area contributed by atoms with Crippen molar-refractivity contribution in [3.8, 4) is 0 Å². The fourth-order valence-electron chi connectivity index (χ4n) is 2.16. The molecule has 1 aliphatic rings. The van der Waals surface area contributed by atoms with Crippen molar-refractivity contribution in [2.24, 2.45) is 0 Å². The van der Waals surface area contributed by atoms with Crippen LogP contribution in [0, 0.1) is 0 Å². The number of benzene rings is 1. The maximum absolute atomic E-state index is 5.19. The fraction of sp³-hybridized carbons (Fsp3) is 0.625. The molecule has 0 bridgehead atoms. The quantitative estimate of drug-likeness (QED) is 0.793. The second-order valence-electron chi connectivity index (χ2n) is 4.78. The minimum absolute atomic E-state index is 0.209. The van der Waals surface area contributed by atoms with Crippen LogP contribution in [0.4, 0.5) is 0 Å². The Balaban J connectivity index is 0.000000184. The van der Waals surface area contributed by atoms with E-state index in [1.807, 2.05) is 32.2 Å². The lowest BCUT2D eigenvalue weighted by Gasteiger charge is -2.19. The van der Waals surface area contributed by atoms with Crippen LogP contribution in [-0.2, 0) is 9.47 Å². The van der Waals surface area contributed by atoms with Crippen LogP contribution in [0.2, 0.25) is 0 Å². The lowest BCUT2D eigenvalue weighted by atomic mass is 9.98. The van der Waals surface area contributed by atoms with E-state index in [0.717, 1.165) is 0 Å². The molecule has 2 rings (SSSR count). The van der Waals surface area contributed by atoms with Gasteiger partial charge < -0.3 is 9.47 Å². The molecular weight excluding hydrogens is 224 g/mol. The summed E-state index contributed by atoms with van der Waals surface area (Å²) in [4.78, 5) is 0. The van der Waals surface area contributed by atoms with Gasteiger partial charge in [-0.05, 0) is 25.3 Å². The smallest absolute Gasteiger partial charge is 0.0793 e. The van der Waals surface area contributed by atoms with Crippen LogP contribution >= 0.6 is 0 Å². The molecule has 0 radical (unpaired) electrons. The predicted octanol–water partition coefficient (Wildman–Crippen LogP) is 4.36. The molecule has 1 atom stereocenters. The molecule has 2 nitrogen and oxygen atoms in total. The van der Waals surface area contributed by atoms with Gasteiger partial charge in [0.15, 0.2) is 0 Å². The zero-order valence-corrected chi connectivity index (χ0v) is 11.9. The fourth-order valence-corrected chi connectivity index (χ4v) is 2.16. The van der Waals surface area contributed by atoms with Gasteiger partial charge in [0.2, 0.25) is 0 Å². The minimum Gasteiger partial charge on any atom is -0.381 e. The Labute approximate surface area is 111 Å². The van der Waals surface area contributed by atoms with Crippen molar-refractivity contribution in [3.05, 3.63) is 35.9 Å². The summed E-state index contributed by atoms with van der Waals surface area (Å²) in [5, 5.41) is 0. The Hall–Kier alpha value is -0.860. The first-order valence-electron chi connectivity index (χ1n) is 6.88. The third-order valence-electron chi connectivity index (χ3n) is 3.51. The summed E-state index contributed by atoms with van der Waals surface area (Å²) >= 11 is 0. The molecule has 2 heteroatoms. The largest absolute Gasteiger partial charge is 0.381 e. The Morgan fingerprint density at radius 3 is 2.06 bits per heavy atom. The molecule has 0 spiro atoms. The summed E-state index contributed by atoms with van der Waals surface area (Å²) in [7, 11) is 3.54. The van der Waals surface area contributed by atoms with Gasteiger partial charge in [0, 0.05) is 14.2 Å². The van der Waals surface area contributed by atoms with E-state index in [4.69, 9.17) is 9.47 Å². The summed E-state index contributed by atoms with van der Waals surface area (Å²) in [6.07, 6.45) is 7.54. The summed E-state index contributed by atoms with van der Waals surface area (Å²) in [5.41, 5.74) is 1.23. The lowest BCUT2D eigenvalue weighted by Crippen LogP contribution is -2.13. The first-order chi connectivity index (χ1) is 8.77. The van der Waals surface area contributed by atoms with Gasteiger partial charge in [-0.3, -0.25) is 0 Å². The molecule has 102 valence electrons. The van der Waals surface area contributed by atoms with E-state index in [1.54, 1.807) is 7.11 Å². The molecule has 0 aliphatic heterocycles. The molecule has 1 saturated carbocycles. The summed E-state index contributed by atoms with van der Waals surface area (Å²) in [6.45, 7) is 2.04. The van der Waals surface area contributed by atoms with E-state index in [-0.39, 0.29) is 6.10 Å². The van der Waals surface area contributed by atoms with Crippen molar-refractivity contribution in [3.63, 3.8) is 0 Å². The van der Waals surface area contributed by atoms with Crippen molar-refractivity contribution in [1.82, 2.24) is 0 Å². The highest BCUT2D eigenvalue weighted by atomic mass is 16.5. The van der Waals surface area contributed by atoms with Crippen LogP contribution in [0.25, 0.3) is 0 Å². The Bertz CT molecular complexity index is 291. The van der Waals surface area contributed by atoms with Gasteiger partial charge in [0.05, 0.1) is 12.2 Å². The summed E-state index contributed by atoms with van der Waals surface area (Å²) < 4.78 is 10.3. The van der Waals surface area contributed by atoms with E-state index in [2.05, 4.69) is 12.1 Å². The van der Waals surface area contributed by atoms with Gasteiger partial charge in [-0.25, -0.2) is 0 Å². The average molecular weight is 250 g/mol. The highest BCUT2D eigenvalue weighted by Gasteiger charge is 2.10. The molecule has 0 amide bonds. The normalized spacial score (nSPS) is 17.7. The van der Waals surface area contributed by atoms with Gasteiger partial charge in [0.1, 0.15) is 0 Å². The molecule has 0 aromatic heterocycles. The zero-order valence-electron chi connectivity index (χ0n) is 11.9. The molecule has 1 fully saturated rings. The second-order valence-corrected chi connectivity index (χ2v) is 4.78. The standard InChI is InChI=1S/C9H12O.C7H14O/c1-8(10-2)9-6-4-3-5-7-9;1-8-7-5-3-2-4-6-7/h3-8H,1-2H3;7H,2-6H2,1H3. The van der Waals surface area contributed by atoms with E-state index < -0.39 is 0 Å². The first kappa shape index (κ1) is 15.2. The van der Waals surface area contributed by atoms with E-state index in [9.17, 15) is 0 Å². The third kappa shape index (κ3) is 5.65. The topological polar surface area (TPSA) is 18.5 Å². The SMILES string of the molecule is COC(C)c1ccccc1.COC1CCCCC1. The van der Waals surface area contributed by atoms with Gasteiger partial charge in [-0.1, -0.05) is 49.6 Å². The van der Waals surface area contributed by atoms with Gasteiger partial charge in [0.25, 0.3) is 0 Å². The Kier molecular flexibility index (Phi) is 7.70. The monoisotopic (exact) mass is 250 g/mol. The molecule has 1 aromatic carbocycles. The molecule has 1 aliphatic carbocycles. The molecule has 0 N–H and O–H groups in total. The van der Waals surface area contributed by atoms with Gasteiger partial charge in [-0.15, -0.1) is 0 Å². The van der Waals surface area contributed by atoms with Crippen LogP contribution in [-0.4, -0.2) is 20.3 Å². The summed E-state index contributed by atoms with van der Waals surface area (Å²) in [6, 6.07) is 10.2. The van der Waals surface area contributed by atoms with E-state index in [1.165, 1.54) is 37.7 Å². The van der Waals surface area contributed by atoms with Crippen molar-refractivity contribution >= 4 is 0 Å². The number of ether oxygens (including phenoxy) is 2. The van der Waals surface area contributed by atoms with Crippen LogP contribution in [0.1, 0.15) is 50.7 Å². The Morgan fingerprint density at radius 1 is 1.00 bits per heavy atom. The zero-order chi connectivity index (χ0) is 13.2. The molecule has 1 unspecified atom stereocenters. The van der Waals surface area contributed by atoms with Gasteiger partial charge >= 0.3 is 0 Å². The number of rotatable bonds is 3. The first-order valence-corrected chi connectivity index (χ1v) is 6.88. The highest BCUT2D eigenvalue weighted by Crippen LogP contribution is 2.19. The van der Waals surface area contributed by atoms with Crippen LogP contribution in [0.3, 0.4) is 0 Å². The van der Waals surface area contributed by atoms with Gasteiger partial charge in [-0.2, -0.15) is 0 Å². The molecule has 1 aromatic rings. The van der Waals surface area contributed by atoms with E-state index in [0.29, 0.717) is 6.10 Å². The van der Waals surface area contributed by atoms with Crippen LogP contribution < -0.4 is 0 Å². The number of hydrogen-bond donors (Lipinski definition) is 0. The van der Waals surface area contributed by atoms with Crippen molar-refractivity contribution < 1.29 is 9.47 Å². The average Bonchev–Trinajstić information content (AvgIpc) is 2.49. The maximum Gasteiger partial charge on any atom is 0.0793 e. The van der Waals surface area contributed by atoms with Crippen LogP contribution in [0.15, 0.2) is 30.3 Å². The number of methoxy groups -OCH3 is 2. The van der Waals surface area contributed by atoms with Crippen molar-refractivity contribution in [2.75, 3.05) is 14.2 Å². The summed E-state index contributed by atoms with van der Waals surface area (Å²) in [5.74, 6) is 0. The second kappa shape index (κ2) is 9.12. The highest BCUT2D eigenvalue weighted by molar-refractivity contribution is 5.16. The van der Waals surface area contributed by atoms with Crippen LogP contribution in [0.5, 0.6) is 0 Å². The predicted molar refractivity (Wildman–Crippen MR) is 75.7 cm³/mol. The molecule has 0 saturated heterocycles. The van der Waals surface area contributed by atoms with E-state index >= 15 is 0 Å². The van der Waals surface area contributed by atoms with Crippen molar-refractivity contribution in [1.29, 1.82) is 0 Å². The van der Waals surface area contributed by atoms with Crippen molar-refractivity contribution in [2.45, 2.75) is 51.2 Å². The molecular formula is C16H26O2. The molecule has 0 heterocycles. The molecule has 18 heavy (non-hydrogen) atoms. The minimum atomic E-state index is 0.209. The Morgan fingerprint density at radius 2 is 1.61 bits per heavy atom. The lowest BCUT2D eigenvalue weighted by molar-refractivity contribution is 0.0710. The number of hydrogen-bond acceptors (Lipinski definition) is 2. The maximum atomic E-state index is 5.19. The third-order valence-corrected chi connectivity index (χ3v) is 3.51.